The summed E-state index contributed by atoms with van der Waals surface area (Å²) in [5.41, 5.74) is 3.61. The van der Waals surface area contributed by atoms with Gasteiger partial charge in [0, 0.05) is 0 Å². The fourth-order valence-electron chi connectivity index (χ4n) is 1.14. The van der Waals surface area contributed by atoms with E-state index in [4.69, 9.17) is 10.3 Å². The number of alkyl halides is 3. The average Bonchev–Trinajstić information content (AvgIpc) is 2.06. The third-order valence-corrected chi connectivity index (χ3v) is 2.49. The Kier molecular flexibility index (Phi) is 3.05. The Hall–Kier alpha value is -1.08. The number of nitrogens with two attached hydrogens (primary N) is 1. The van der Waals surface area contributed by atoms with Gasteiger partial charge in [0.25, 0.3) is 0 Å². The smallest absolute Gasteiger partial charge is 0.397 e. The van der Waals surface area contributed by atoms with Crippen molar-refractivity contribution in [3.63, 3.8) is 0 Å². The zero-order valence-electron chi connectivity index (χ0n) is 7.63. The fourth-order valence-corrected chi connectivity index (χ4v) is 1.73. The van der Waals surface area contributed by atoms with Crippen LogP contribution in [-0.4, -0.2) is 8.76 Å². The summed E-state index contributed by atoms with van der Waals surface area (Å²) in [7, 11) is 0. The molecule has 0 heterocycles. The minimum absolute atomic E-state index is 0.230. The Balaban J connectivity index is 3.49. The quantitative estimate of drug-likeness (QED) is 0.583. The molecule has 0 amide bonds. The zero-order valence-corrected chi connectivity index (χ0v) is 8.45. The summed E-state index contributed by atoms with van der Waals surface area (Å²) < 4.78 is 56.7. The molecule has 0 aromatic heterocycles. The van der Waals surface area contributed by atoms with Crippen LogP contribution < -0.4 is 5.73 Å². The second-order valence-electron chi connectivity index (χ2n) is 2.97. The first-order chi connectivity index (χ1) is 6.73. The Morgan fingerprint density at radius 1 is 1.40 bits per heavy atom. The van der Waals surface area contributed by atoms with Crippen LogP contribution in [0.2, 0.25) is 0 Å². The number of nitrogen functional groups attached to an aromatic ring is 1. The van der Waals surface area contributed by atoms with Crippen molar-refractivity contribution < 1.29 is 21.9 Å². The molecule has 3 N–H and O–H groups in total. The molecule has 1 aromatic rings. The van der Waals surface area contributed by atoms with E-state index < -0.39 is 33.4 Å². The lowest BCUT2D eigenvalue weighted by molar-refractivity contribution is -0.137. The van der Waals surface area contributed by atoms with Crippen LogP contribution in [0, 0.1) is 6.92 Å². The molecule has 15 heavy (non-hydrogen) atoms. The van der Waals surface area contributed by atoms with Gasteiger partial charge in [0.05, 0.1) is 16.1 Å². The van der Waals surface area contributed by atoms with E-state index in [2.05, 4.69) is 0 Å². The largest absolute Gasteiger partial charge is 0.418 e. The number of aryl methyl sites for hydroxylation is 1. The Morgan fingerprint density at radius 3 is 2.33 bits per heavy atom. The molecule has 1 unspecified atom stereocenters. The van der Waals surface area contributed by atoms with Crippen LogP contribution in [0.4, 0.5) is 18.9 Å². The van der Waals surface area contributed by atoms with Crippen molar-refractivity contribution in [2.75, 3.05) is 5.73 Å². The molecule has 0 aliphatic rings. The van der Waals surface area contributed by atoms with Crippen molar-refractivity contribution in [1.29, 1.82) is 0 Å². The summed E-state index contributed by atoms with van der Waals surface area (Å²) in [5.74, 6) is 0. The summed E-state index contributed by atoms with van der Waals surface area (Å²) in [6.07, 6.45) is -4.62. The third kappa shape index (κ3) is 2.48. The topological polar surface area (TPSA) is 63.3 Å². The molecule has 0 radical (unpaired) electrons. The lowest BCUT2D eigenvalue weighted by atomic mass is 10.1. The monoisotopic (exact) mass is 239 g/mol. The van der Waals surface area contributed by atoms with E-state index in [1.54, 1.807) is 0 Å². The minimum Gasteiger partial charge on any atom is -0.397 e. The van der Waals surface area contributed by atoms with Crippen LogP contribution in [0.3, 0.4) is 0 Å². The molecule has 7 heteroatoms. The third-order valence-electron chi connectivity index (χ3n) is 1.78. The molecule has 0 saturated heterocycles. The van der Waals surface area contributed by atoms with Crippen molar-refractivity contribution >= 4 is 16.8 Å². The second-order valence-corrected chi connectivity index (χ2v) is 3.91. The maximum absolute atomic E-state index is 12.4. The summed E-state index contributed by atoms with van der Waals surface area (Å²) >= 11 is -2.52. The molecule has 0 bridgehead atoms. The first-order valence-electron chi connectivity index (χ1n) is 3.81. The van der Waals surface area contributed by atoms with Crippen LogP contribution in [0.5, 0.6) is 0 Å². The van der Waals surface area contributed by atoms with Crippen molar-refractivity contribution in [2.24, 2.45) is 0 Å². The SMILES string of the molecule is Cc1cc(S(=O)O)c(N)c(C(F)(F)F)c1. The van der Waals surface area contributed by atoms with Gasteiger partial charge in [0.2, 0.25) is 0 Å². The number of hydrogen-bond acceptors (Lipinski definition) is 2. The molecular weight excluding hydrogens is 231 g/mol. The number of anilines is 1. The van der Waals surface area contributed by atoms with Gasteiger partial charge in [0.15, 0.2) is 11.1 Å². The normalized spacial score (nSPS) is 13.9. The minimum atomic E-state index is -4.62. The summed E-state index contributed by atoms with van der Waals surface area (Å²) in [5, 5.41) is 0. The Labute approximate surface area is 86.4 Å². The predicted molar refractivity (Wildman–Crippen MR) is 49.6 cm³/mol. The van der Waals surface area contributed by atoms with Crippen LogP contribution in [0.15, 0.2) is 17.0 Å². The van der Waals surface area contributed by atoms with Crippen LogP contribution in [0.1, 0.15) is 11.1 Å². The van der Waals surface area contributed by atoms with E-state index in [0.717, 1.165) is 12.1 Å². The number of benzene rings is 1. The molecule has 3 nitrogen and oxygen atoms in total. The highest BCUT2D eigenvalue weighted by molar-refractivity contribution is 7.79. The van der Waals surface area contributed by atoms with Crippen LogP contribution in [0.25, 0.3) is 0 Å². The van der Waals surface area contributed by atoms with Gasteiger partial charge in [0.1, 0.15) is 0 Å². The molecule has 0 aliphatic carbocycles. The molecular formula is C8H8F3NO2S. The predicted octanol–water partition coefficient (Wildman–Crippen LogP) is 2.18. The fraction of sp³-hybridized carbons (Fsp3) is 0.250. The van der Waals surface area contributed by atoms with Gasteiger partial charge >= 0.3 is 6.18 Å². The van der Waals surface area contributed by atoms with Gasteiger partial charge in [-0.05, 0) is 24.6 Å². The maximum atomic E-state index is 12.4. The van der Waals surface area contributed by atoms with E-state index >= 15 is 0 Å². The van der Waals surface area contributed by atoms with Gasteiger partial charge in [-0.3, -0.25) is 0 Å². The molecule has 0 fully saturated rings. The maximum Gasteiger partial charge on any atom is 0.418 e. The van der Waals surface area contributed by atoms with Gasteiger partial charge in [-0.15, -0.1) is 0 Å². The van der Waals surface area contributed by atoms with E-state index in [1.807, 2.05) is 0 Å². The van der Waals surface area contributed by atoms with E-state index in [1.165, 1.54) is 6.92 Å². The lowest BCUT2D eigenvalue weighted by Gasteiger charge is -2.13. The van der Waals surface area contributed by atoms with Gasteiger partial charge in [-0.2, -0.15) is 13.2 Å². The van der Waals surface area contributed by atoms with E-state index in [0.29, 0.717) is 0 Å². The number of halogens is 3. The van der Waals surface area contributed by atoms with Crippen molar-refractivity contribution in [3.05, 3.63) is 23.3 Å². The highest BCUT2D eigenvalue weighted by Gasteiger charge is 2.34. The first-order valence-corrected chi connectivity index (χ1v) is 4.92. The van der Waals surface area contributed by atoms with Crippen LogP contribution in [-0.2, 0) is 17.3 Å². The summed E-state index contributed by atoms with van der Waals surface area (Å²) in [6.45, 7) is 1.39. The van der Waals surface area contributed by atoms with Crippen molar-refractivity contribution in [1.82, 2.24) is 0 Å². The van der Waals surface area contributed by atoms with Crippen LogP contribution >= 0.6 is 0 Å². The van der Waals surface area contributed by atoms with Gasteiger partial charge < -0.3 is 10.3 Å². The molecule has 0 saturated carbocycles. The zero-order chi connectivity index (χ0) is 11.8. The number of rotatable bonds is 1. The van der Waals surface area contributed by atoms with E-state index in [9.17, 15) is 17.4 Å². The molecule has 1 aromatic carbocycles. The molecule has 84 valence electrons. The standard InChI is InChI=1S/C8H8F3NO2S/c1-4-2-5(8(9,10)11)7(12)6(3-4)15(13)14/h2-3H,12H2,1H3,(H,13,14). The van der Waals surface area contributed by atoms with E-state index in [-0.39, 0.29) is 5.56 Å². The van der Waals surface area contributed by atoms with Crippen molar-refractivity contribution in [2.45, 2.75) is 18.0 Å². The molecule has 0 aliphatic heterocycles. The van der Waals surface area contributed by atoms with Crippen molar-refractivity contribution in [3.8, 4) is 0 Å². The lowest BCUT2D eigenvalue weighted by Crippen LogP contribution is -2.11. The Morgan fingerprint density at radius 2 is 1.93 bits per heavy atom. The van der Waals surface area contributed by atoms with Gasteiger partial charge in [-0.1, -0.05) is 0 Å². The highest BCUT2D eigenvalue weighted by atomic mass is 32.2. The molecule has 1 atom stereocenters. The first kappa shape index (κ1) is 12.0. The second kappa shape index (κ2) is 3.82. The number of hydrogen-bond donors (Lipinski definition) is 2. The van der Waals surface area contributed by atoms with Gasteiger partial charge in [-0.25, -0.2) is 4.21 Å². The summed E-state index contributed by atoms with van der Waals surface area (Å²) in [6, 6.07) is 1.99. The Bertz CT molecular complexity index is 417. The molecule has 1 rings (SSSR count). The summed E-state index contributed by atoms with van der Waals surface area (Å²) in [4.78, 5) is -0.415. The average molecular weight is 239 g/mol. The highest BCUT2D eigenvalue weighted by Crippen LogP contribution is 2.36. The molecule has 0 spiro atoms.